The van der Waals surface area contributed by atoms with Gasteiger partial charge in [-0.2, -0.15) is 0 Å². The number of carbonyl (C=O) groups excluding carboxylic acids is 1. The van der Waals surface area contributed by atoms with Gasteiger partial charge in [0.1, 0.15) is 12.0 Å². The summed E-state index contributed by atoms with van der Waals surface area (Å²) >= 11 is 1.57. The number of rotatable bonds is 4. The highest BCUT2D eigenvalue weighted by molar-refractivity contribution is 7.98. The highest BCUT2D eigenvalue weighted by Gasteiger charge is 2.10. The summed E-state index contributed by atoms with van der Waals surface area (Å²) in [7, 11) is 0. The van der Waals surface area contributed by atoms with Crippen LogP contribution in [0.4, 0.5) is 5.69 Å². The van der Waals surface area contributed by atoms with Crippen molar-refractivity contribution in [2.75, 3.05) is 5.73 Å². The van der Waals surface area contributed by atoms with Crippen LogP contribution in [0.5, 0.6) is 0 Å². The number of benzene rings is 1. The van der Waals surface area contributed by atoms with Crippen molar-refractivity contribution in [2.45, 2.75) is 17.6 Å². The first kappa shape index (κ1) is 13.5. The lowest BCUT2D eigenvalue weighted by Crippen LogP contribution is -2.29. The van der Waals surface area contributed by atoms with Crippen LogP contribution < -0.4 is 17.0 Å². The molecule has 19 heavy (non-hydrogen) atoms. The van der Waals surface area contributed by atoms with Crippen molar-refractivity contribution < 1.29 is 9.21 Å². The maximum absolute atomic E-state index is 11.3. The molecule has 2 rings (SSSR count). The third kappa shape index (κ3) is 3.10. The second-order valence-corrected chi connectivity index (χ2v) is 5.07. The molecule has 2 aromatic rings. The Morgan fingerprint density at radius 2 is 2.26 bits per heavy atom. The number of aryl methyl sites for hydroxylation is 1. The van der Waals surface area contributed by atoms with Crippen LogP contribution in [0.25, 0.3) is 0 Å². The van der Waals surface area contributed by atoms with E-state index in [1.807, 2.05) is 25.1 Å². The molecule has 1 amide bonds. The average Bonchev–Trinajstić information content (AvgIpc) is 2.88. The summed E-state index contributed by atoms with van der Waals surface area (Å²) in [6.45, 7) is 1.97. The summed E-state index contributed by atoms with van der Waals surface area (Å²) in [6.07, 6.45) is 1.39. The van der Waals surface area contributed by atoms with Crippen LogP contribution >= 0.6 is 11.8 Å². The fourth-order valence-electron chi connectivity index (χ4n) is 1.59. The molecule has 0 fully saturated rings. The molecule has 0 bridgehead atoms. The van der Waals surface area contributed by atoms with Gasteiger partial charge in [-0.25, -0.2) is 5.84 Å². The molecule has 0 saturated heterocycles. The SMILES string of the molecule is Cc1cccc(SCc2cc(C(=O)NN)co2)c1N. The normalized spacial score (nSPS) is 10.4. The van der Waals surface area contributed by atoms with E-state index < -0.39 is 0 Å². The summed E-state index contributed by atoms with van der Waals surface area (Å²) in [4.78, 5) is 12.3. The summed E-state index contributed by atoms with van der Waals surface area (Å²) in [5.41, 5.74) is 10.3. The first-order valence-corrected chi connectivity index (χ1v) is 6.66. The van der Waals surface area contributed by atoms with E-state index in [1.165, 1.54) is 6.26 Å². The Morgan fingerprint density at radius 1 is 1.47 bits per heavy atom. The van der Waals surface area contributed by atoms with E-state index in [4.69, 9.17) is 16.0 Å². The Kier molecular flexibility index (Phi) is 4.13. The molecule has 0 aliphatic rings. The minimum atomic E-state index is -0.366. The smallest absolute Gasteiger partial charge is 0.268 e. The van der Waals surface area contributed by atoms with Crippen LogP contribution in [0.1, 0.15) is 21.7 Å². The number of amides is 1. The zero-order valence-corrected chi connectivity index (χ0v) is 11.3. The van der Waals surface area contributed by atoms with Crippen LogP contribution in [0.2, 0.25) is 0 Å². The molecule has 5 N–H and O–H groups in total. The quantitative estimate of drug-likeness (QED) is 0.261. The number of thioether (sulfide) groups is 1. The van der Waals surface area contributed by atoms with Crippen molar-refractivity contribution in [3.05, 3.63) is 47.4 Å². The molecular weight excluding hydrogens is 262 g/mol. The van der Waals surface area contributed by atoms with E-state index in [-0.39, 0.29) is 5.91 Å². The molecule has 0 aliphatic carbocycles. The maximum atomic E-state index is 11.3. The number of nitrogens with two attached hydrogens (primary N) is 2. The monoisotopic (exact) mass is 277 g/mol. The van der Waals surface area contributed by atoms with Gasteiger partial charge in [0.25, 0.3) is 5.91 Å². The van der Waals surface area contributed by atoms with E-state index in [0.717, 1.165) is 16.1 Å². The van der Waals surface area contributed by atoms with Crippen LogP contribution in [-0.4, -0.2) is 5.91 Å². The third-order valence-electron chi connectivity index (χ3n) is 2.70. The van der Waals surface area contributed by atoms with Crippen molar-refractivity contribution in [3.8, 4) is 0 Å². The van der Waals surface area contributed by atoms with Gasteiger partial charge in [0.05, 0.1) is 11.3 Å². The largest absolute Gasteiger partial charge is 0.468 e. The van der Waals surface area contributed by atoms with E-state index >= 15 is 0 Å². The zero-order valence-electron chi connectivity index (χ0n) is 10.5. The van der Waals surface area contributed by atoms with Crippen molar-refractivity contribution in [1.29, 1.82) is 0 Å². The van der Waals surface area contributed by atoms with Crippen LogP contribution in [0, 0.1) is 6.92 Å². The molecule has 100 valence electrons. The van der Waals surface area contributed by atoms with E-state index in [9.17, 15) is 4.79 Å². The summed E-state index contributed by atoms with van der Waals surface area (Å²) in [6, 6.07) is 7.56. The fourth-order valence-corrected chi connectivity index (χ4v) is 2.53. The molecule has 0 unspecified atom stereocenters. The maximum Gasteiger partial charge on any atom is 0.268 e. The molecule has 0 saturated carbocycles. The molecule has 0 aliphatic heterocycles. The van der Waals surface area contributed by atoms with Crippen molar-refractivity contribution in [1.82, 2.24) is 5.43 Å². The van der Waals surface area contributed by atoms with Crippen LogP contribution in [-0.2, 0) is 5.75 Å². The summed E-state index contributed by atoms with van der Waals surface area (Å²) < 4.78 is 5.30. The Morgan fingerprint density at radius 3 is 3.00 bits per heavy atom. The first-order valence-electron chi connectivity index (χ1n) is 5.68. The van der Waals surface area contributed by atoms with Gasteiger partial charge in [-0.05, 0) is 24.6 Å². The summed E-state index contributed by atoms with van der Waals surface area (Å²) in [5.74, 6) is 5.99. The second-order valence-electron chi connectivity index (χ2n) is 4.05. The van der Waals surface area contributed by atoms with Crippen molar-refractivity contribution >= 4 is 23.4 Å². The second kappa shape index (κ2) is 5.81. The predicted octanol–water partition coefficient (Wildman–Crippen LogP) is 2.07. The van der Waals surface area contributed by atoms with Crippen molar-refractivity contribution in [2.24, 2.45) is 5.84 Å². The lowest BCUT2D eigenvalue weighted by Gasteiger charge is -2.06. The third-order valence-corrected chi connectivity index (χ3v) is 3.80. The summed E-state index contributed by atoms with van der Waals surface area (Å²) in [5, 5.41) is 0. The van der Waals surface area contributed by atoms with Gasteiger partial charge in [0.2, 0.25) is 0 Å². The molecule has 1 aromatic carbocycles. The number of hydrogen-bond donors (Lipinski definition) is 3. The molecule has 1 aromatic heterocycles. The fraction of sp³-hybridized carbons (Fsp3) is 0.154. The van der Waals surface area contributed by atoms with Gasteiger partial charge in [-0.3, -0.25) is 10.2 Å². The highest BCUT2D eigenvalue weighted by atomic mass is 32.2. The molecule has 0 radical (unpaired) electrons. The van der Waals surface area contributed by atoms with Gasteiger partial charge >= 0.3 is 0 Å². The standard InChI is InChI=1S/C13H15N3O2S/c1-8-3-2-4-11(12(8)14)19-7-10-5-9(6-18-10)13(17)16-15/h2-6H,7,14-15H2,1H3,(H,16,17). The number of nitrogen functional groups attached to an aromatic ring is 2. The lowest BCUT2D eigenvalue weighted by atomic mass is 10.2. The Labute approximate surface area is 115 Å². The number of furan rings is 1. The van der Waals surface area contributed by atoms with Gasteiger partial charge < -0.3 is 10.2 Å². The molecular formula is C13H15N3O2S. The van der Waals surface area contributed by atoms with Gasteiger partial charge in [-0.15, -0.1) is 11.8 Å². The first-order chi connectivity index (χ1) is 9.11. The molecule has 0 spiro atoms. The van der Waals surface area contributed by atoms with E-state index in [2.05, 4.69) is 5.43 Å². The lowest BCUT2D eigenvalue weighted by molar-refractivity contribution is 0.0953. The number of anilines is 1. The van der Waals surface area contributed by atoms with Crippen LogP contribution in [0.15, 0.2) is 39.8 Å². The Balaban J connectivity index is 2.04. The molecule has 0 atom stereocenters. The topological polar surface area (TPSA) is 94.3 Å². The van der Waals surface area contributed by atoms with Gasteiger partial charge in [0, 0.05) is 10.6 Å². The van der Waals surface area contributed by atoms with Gasteiger partial charge in [0.15, 0.2) is 0 Å². The number of nitrogens with one attached hydrogen (secondary N) is 1. The zero-order chi connectivity index (χ0) is 13.8. The van der Waals surface area contributed by atoms with Crippen LogP contribution in [0.3, 0.4) is 0 Å². The molecule has 6 heteroatoms. The molecule has 1 heterocycles. The number of carbonyl (C=O) groups is 1. The van der Waals surface area contributed by atoms with Gasteiger partial charge in [-0.1, -0.05) is 12.1 Å². The number of hydrazine groups is 1. The van der Waals surface area contributed by atoms with E-state index in [0.29, 0.717) is 17.1 Å². The number of hydrogen-bond acceptors (Lipinski definition) is 5. The highest BCUT2D eigenvalue weighted by Crippen LogP contribution is 2.30. The molecule has 5 nitrogen and oxygen atoms in total. The number of para-hydroxylation sites is 1. The predicted molar refractivity (Wildman–Crippen MR) is 75.5 cm³/mol. The average molecular weight is 277 g/mol. The Hall–Kier alpha value is -1.92. The Bertz CT molecular complexity index is 595. The minimum absolute atomic E-state index is 0.366. The van der Waals surface area contributed by atoms with Crippen molar-refractivity contribution in [3.63, 3.8) is 0 Å². The van der Waals surface area contributed by atoms with E-state index in [1.54, 1.807) is 17.8 Å². The minimum Gasteiger partial charge on any atom is -0.468 e.